The van der Waals surface area contributed by atoms with Crippen LogP contribution in [-0.4, -0.2) is 56.9 Å². The van der Waals surface area contributed by atoms with Crippen LogP contribution in [0.1, 0.15) is 89.3 Å². The second-order valence-corrected chi connectivity index (χ2v) is 10.3. The minimum absolute atomic E-state index is 0.0288. The summed E-state index contributed by atoms with van der Waals surface area (Å²) < 4.78 is 7.19. The molecule has 1 fully saturated rings. The van der Waals surface area contributed by atoms with Gasteiger partial charge in [-0.25, -0.2) is 14.5 Å². The summed E-state index contributed by atoms with van der Waals surface area (Å²) >= 11 is 0. The zero-order valence-corrected chi connectivity index (χ0v) is 20.4. The Morgan fingerprint density at radius 1 is 1.19 bits per heavy atom. The lowest BCUT2D eigenvalue weighted by Gasteiger charge is -2.32. The number of hydrogen-bond donors (Lipinski definition) is 1. The van der Waals surface area contributed by atoms with E-state index in [-0.39, 0.29) is 17.9 Å². The van der Waals surface area contributed by atoms with Crippen LogP contribution in [0.2, 0.25) is 0 Å². The number of alkyl carbamates (subject to hydrolysis) is 1. The lowest BCUT2D eigenvalue weighted by atomic mass is 9.96. The fourth-order valence-corrected chi connectivity index (χ4v) is 3.94. The van der Waals surface area contributed by atoms with Crippen molar-refractivity contribution in [2.45, 2.75) is 78.9 Å². The summed E-state index contributed by atoms with van der Waals surface area (Å²) in [5.74, 6) is 0.575. The summed E-state index contributed by atoms with van der Waals surface area (Å²) in [4.78, 5) is 32.1. The van der Waals surface area contributed by atoms with Gasteiger partial charge in [-0.3, -0.25) is 4.79 Å². The van der Waals surface area contributed by atoms with Gasteiger partial charge in [-0.15, -0.1) is 0 Å². The summed E-state index contributed by atoms with van der Waals surface area (Å²) in [6.07, 6.45) is 3.06. The Kier molecular flexibility index (Phi) is 7.10. The predicted octanol–water partition coefficient (Wildman–Crippen LogP) is 4.51. The van der Waals surface area contributed by atoms with Crippen LogP contribution in [0.3, 0.4) is 0 Å². The summed E-state index contributed by atoms with van der Waals surface area (Å²) in [6, 6.07) is 2.09. The van der Waals surface area contributed by atoms with Gasteiger partial charge in [0, 0.05) is 31.4 Å². The summed E-state index contributed by atoms with van der Waals surface area (Å²) in [5, 5.41) is 8.16. The first-order valence-electron chi connectivity index (χ1n) is 11.6. The SMILES string of the molecule is CC(C)c1cc(C(=O)N2CCC(CNC(=O)OC(C)(C)C)CC2)c2cnn(C(C)C)c2n1. The van der Waals surface area contributed by atoms with Crippen molar-refractivity contribution in [3.8, 4) is 0 Å². The van der Waals surface area contributed by atoms with Crippen molar-refractivity contribution in [1.29, 1.82) is 0 Å². The van der Waals surface area contributed by atoms with Crippen molar-refractivity contribution < 1.29 is 14.3 Å². The molecular formula is C24H37N5O3. The van der Waals surface area contributed by atoms with Crippen LogP contribution >= 0.6 is 0 Å². The van der Waals surface area contributed by atoms with Crippen molar-refractivity contribution in [2.24, 2.45) is 5.92 Å². The highest BCUT2D eigenvalue weighted by Gasteiger charge is 2.27. The maximum absolute atomic E-state index is 13.5. The van der Waals surface area contributed by atoms with Gasteiger partial charge >= 0.3 is 6.09 Å². The first kappa shape index (κ1) is 24.0. The number of ether oxygens (including phenoxy) is 1. The van der Waals surface area contributed by atoms with Crippen LogP contribution in [0, 0.1) is 5.92 Å². The standard InChI is InChI=1S/C24H37N5O3/c1-15(2)20-12-18(19-14-26-29(16(3)4)21(19)27-20)22(30)28-10-8-17(9-11-28)13-25-23(31)32-24(5,6)7/h12,14-17H,8-11,13H2,1-7H3,(H,25,31). The highest BCUT2D eigenvalue weighted by atomic mass is 16.6. The monoisotopic (exact) mass is 443 g/mol. The van der Waals surface area contributed by atoms with E-state index in [1.54, 1.807) is 6.20 Å². The van der Waals surface area contributed by atoms with Crippen LogP contribution in [-0.2, 0) is 4.74 Å². The van der Waals surface area contributed by atoms with Crippen LogP contribution in [0.4, 0.5) is 4.79 Å². The number of carbonyl (C=O) groups excluding carboxylic acids is 2. The third-order valence-electron chi connectivity index (χ3n) is 5.73. The number of aromatic nitrogens is 3. The molecule has 0 atom stereocenters. The fraction of sp³-hybridized carbons (Fsp3) is 0.667. The first-order chi connectivity index (χ1) is 15.0. The molecule has 0 aliphatic carbocycles. The number of hydrogen-bond acceptors (Lipinski definition) is 5. The maximum Gasteiger partial charge on any atom is 0.407 e. The van der Waals surface area contributed by atoms with E-state index in [4.69, 9.17) is 9.72 Å². The maximum atomic E-state index is 13.5. The molecule has 1 aliphatic heterocycles. The molecule has 2 aromatic rings. The Bertz CT molecular complexity index is 966. The molecule has 0 bridgehead atoms. The Morgan fingerprint density at radius 3 is 2.41 bits per heavy atom. The van der Waals surface area contributed by atoms with Gasteiger partial charge < -0.3 is 15.0 Å². The van der Waals surface area contributed by atoms with Gasteiger partial charge in [-0.1, -0.05) is 13.8 Å². The molecule has 3 heterocycles. The molecule has 0 radical (unpaired) electrons. The number of amides is 2. The Labute approximate surface area is 190 Å². The number of carbonyl (C=O) groups is 2. The number of piperidine rings is 1. The summed E-state index contributed by atoms with van der Waals surface area (Å²) in [5.41, 5.74) is 1.84. The molecule has 1 N–H and O–H groups in total. The van der Waals surface area contributed by atoms with E-state index in [1.165, 1.54) is 0 Å². The number of pyridine rings is 1. The van der Waals surface area contributed by atoms with Gasteiger partial charge in [0.15, 0.2) is 5.65 Å². The first-order valence-corrected chi connectivity index (χ1v) is 11.6. The van der Waals surface area contributed by atoms with E-state index in [9.17, 15) is 9.59 Å². The molecule has 32 heavy (non-hydrogen) atoms. The minimum atomic E-state index is -0.506. The minimum Gasteiger partial charge on any atom is -0.444 e. The van der Waals surface area contributed by atoms with E-state index >= 15 is 0 Å². The molecule has 3 rings (SSSR count). The molecule has 0 unspecified atom stereocenters. The number of nitrogens with one attached hydrogen (secondary N) is 1. The van der Waals surface area contributed by atoms with Crippen LogP contribution in [0.5, 0.6) is 0 Å². The lowest BCUT2D eigenvalue weighted by Crippen LogP contribution is -2.42. The zero-order chi connectivity index (χ0) is 23.6. The predicted molar refractivity (Wildman–Crippen MR) is 125 cm³/mol. The lowest BCUT2D eigenvalue weighted by molar-refractivity contribution is 0.0500. The quantitative estimate of drug-likeness (QED) is 0.734. The molecule has 0 aromatic carbocycles. The molecule has 8 nitrogen and oxygen atoms in total. The van der Waals surface area contributed by atoms with Gasteiger partial charge in [-0.2, -0.15) is 5.10 Å². The molecule has 2 aromatic heterocycles. The van der Waals surface area contributed by atoms with E-state index < -0.39 is 11.7 Å². The van der Waals surface area contributed by atoms with Gasteiger partial charge in [-0.05, 0) is 65.4 Å². The second kappa shape index (κ2) is 9.46. The normalized spacial score (nSPS) is 15.6. The van der Waals surface area contributed by atoms with E-state index in [0.29, 0.717) is 31.1 Å². The van der Waals surface area contributed by atoms with Crippen molar-refractivity contribution in [2.75, 3.05) is 19.6 Å². The molecule has 2 amide bonds. The van der Waals surface area contributed by atoms with Crippen molar-refractivity contribution in [1.82, 2.24) is 25.0 Å². The third-order valence-corrected chi connectivity index (χ3v) is 5.73. The van der Waals surface area contributed by atoms with Crippen LogP contribution in [0.15, 0.2) is 12.3 Å². The van der Waals surface area contributed by atoms with Crippen molar-refractivity contribution in [3.63, 3.8) is 0 Å². The number of likely N-dealkylation sites (tertiary alicyclic amines) is 1. The highest BCUT2D eigenvalue weighted by molar-refractivity contribution is 6.05. The Morgan fingerprint density at radius 2 is 1.84 bits per heavy atom. The summed E-state index contributed by atoms with van der Waals surface area (Å²) in [6.45, 7) is 15.7. The molecule has 0 saturated carbocycles. The average molecular weight is 444 g/mol. The Hall–Kier alpha value is -2.64. The van der Waals surface area contributed by atoms with Gasteiger partial charge in [0.05, 0.1) is 17.1 Å². The largest absolute Gasteiger partial charge is 0.444 e. The topological polar surface area (TPSA) is 89.4 Å². The molecular weight excluding hydrogens is 406 g/mol. The van der Waals surface area contributed by atoms with Crippen molar-refractivity contribution >= 4 is 23.0 Å². The van der Waals surface area contributed by atoms with Gasteiger partial charge in [0.2, 0.25) is 0 Å². The average Bonchev–Trinajstić information content (AvgIpc) is 3.14. The van der Waals surface area contributed by atoms with E-state index in [1.807, 2.05) is 36.4 Å². The molecule has 176 valence electrons. The highest BCUT2D eigenvalue weighted by Crippen LogP contribution is 2.27. The third kappa shape index (κ3) is 5.58. The number of fused-ring (bicyclic) bond motifs is 1. The van der Waals surface area contributed by atoms with E-state index in [0.717, 1.165) is 29.6 Å². The van der Waals surface area contributed by atoms with E-state index in [2.05, 4.69) is 38.1 Å². The smallest absolute Gasteiger partial charge is 0.407 e. The van der Waals surface area contributed by atoms with Crippen molar-refractivity contribution in [3.05, 3.63) is 23.5 Å². The Balaban J connectivity index is 1.69. The molecule has 1 saturated heterocycles. The molecule has 1 aliphatic rings. The molecule has 0 spiro atoms. The zero-order valence-electron chi connectivity index (χ0n) is 20.4. The van der Waals surface area contributed by atoms with Gasteiger partial charge in [0.1, 0.15) is 5.60 Å². The second-order valence-electron chi connectivity index (χ2n) is 10.3. The molecule has 8 heteroatoms. The fourth-order valence-electron chi connectivity index (χ4n) is 3.94. The summed E-state index contributed by atoms with van der Waals surface area (Å²) in [7, 11) is 0. The van der Waals surface area contributed by atoms with Crippen LogP contribution < -0.4 is 5.32 Å². The number of nitrogens with zero attached hydrogens (tertiary/aromatic N) is 4. The number of rotatable bonds is 5. The van der Waals surface area contributed by atoms with Crippen LogP contribution in [0.25, 0.3) is 11.0 Å². The van der Waals surface area contributed by atoms with Gasteiger partial charge in [0.25, 0.3) is 5.91 Å².